The molecule has 0 radical (unpaired) electrons. The van der Waals surface area contributed by atoms with Crippen molar-refractivity contribution in [3.05, 3.63) is 0 Å². The van der Waals surface area contributed by atoms with Crippen LogP contribution in [-0.4, -0.2) is 31.6 Å². The average molecular weight is 174 g/mol. The van der Waals surface area contributed by atoms with Gasteiger partial charge in [-0.3, -0.25) is 0 Å². The Bertz CT molecular complexity index is 277. The molecule has 5 heteroatoms. The van der Waals surface area contributed by atoms with Crippen molar-refractivity contribution in [2.75, 3.05) is 18.8 Å². The monoisotopic (exact) mass is 174 g/mol. The predicted octanol–water partition coefficient (Wildman–Crippen LogP) is -0.209. The van der Waals surface area contributed by atoms with Gasteiger partial charge in [-0.15, -0.1) is 0 Å². The zero-order valence-electron chi connectivity index (χ0n) is 6.32. The SMILES string of the molecule is CC1CN(CC#N)S(=O)(=O)C1. The maximum atomic E-state index is 11.1. The van der Waals surface area contributed by atoms with E-state index in [2.05, 4.69) is 0 Å². The molecule has 0 N–H and O–H groups in total. The quantitative estimate of drug-likeness (QED) is 0.517. The lowest BCUT2D eigenvalue weighted by Gasteiger charge is -2.07. The summed E-state index contributed by atoms with van der Waals surface area (Å²) < 4.78 is 23.5. The van der Waals surface area contributed by atoms with E-state index in [1.807, 2.05) is 13.0 Å². The lowest BCUT2D eigenvalue weighted by molar-refractivity contribution is 0.449. The first-order chi connectivity index (χ1) is 5.06. The zero-order valence-corrected chi connectivity index (χ0v) is 7.13. The Morgan fingerprint density at radius 1 is 1.73 bits per heavy atom. The van der Waals surface area contributed by atoms with Crippen LogP contribution in [0.4, 0.5) is 0 Å². The van der Waals surface area contributed by atoms with Crippen LogP contribution in [0, 0.1) is 17.2 Å². The largest absolute Gasteiger partial charge is 0.215 e. The van der Waals surface area contributed by atoms with Crippen LogP contribution in [0.1, 0.15) is 6.92 Å². The van der Waals surface area contributed by atoms with E-state index in [1.165, 1.54) is 4.31 Å². The molecule has 1 aliphatic heterocycles. The van der Waals surface area contributed by atoms with Gasteiger partial charge in [0.25, 0.3) is 0 Å². The van der Waals surface area contributed by atoms with E-state index in [1.54, 1.807) is 0 Å². The van der Waals surface area contributed by atoms with Crippen LogP contribution in [0.5, 0.6) is 0 Å². The Morgan fingerprint density at radius 2 is 2.36 bits per heavy atom. The Labute approximate surface area is 66.5 Å². The number of hydrogen-bond donors (Lipinski definition) is 0. The summed E-state index contributed by atoms with van der Waals surface area (Å²) in [6.45, 7) is 2.36. The lowest BCUT2D eigenvalue weighted by Crippen LogP contribution is -2.25. The third-order valence-corrected chi connectivity index (χ3v) is 3.71. The molecule has 0 saturated carbocycles. The first-order valence-corrected chi connectivity index (χ1v) is 5.02. The van der Waals surface area contributed by atoms with Gasteiger partial charge in [-0.2, -0.15) is 9.57 Å². The molecule has 1 heterocycles. The number of nitrogens with zero attached hydrogens (tertiary/aromatic N) is 2. The molecule has 1 atom stereocenters. The Balaban J connectivity index is 2.76. The van der Waals surface area contributed by atoms with Crippen LogP contribution in [0.2, 0.25) is 0 Å². The molecule has 0 aromatic heterocycles. The van der Waals surface area contributed by atoms with E-state index in [-0.39, 0.29) is 18.2 Å². The van der Waals surface area contributed by atoms with Gasteiger partial charge in [0.2, 0.25) is 10.0 Å². The summed E-state index contributed by atoms with van der Waals surface area (Å²) in [6.07, 6.45) is 0. The third kappa shape index (κ3) is 1.70. The van der Waals surface area contributed by atoms with E-state index in [0.29, 0.717) is 6.54 Å². The molecule has 0 amide bonds. The van der Waals surface area contributed by atoms with Crippen molar-refractivity contribution in [2.24, 2.45) is 5.92 Å². The number of hydrogen-bond acceptors (Lipinski definition) is 3. The van der Waals surface area contributed by atoms with Gasteiger partial charge in [-0.1, -0.05) is 6.92 Å². The Kier molecular flexibility index (Phi) is 2.16. The smallest absolute Gasteiger partial charge is 0.212 e. The van der Waals surface area contributed by atoms with Crippen molar-refractivity contribution in [2.45, 2.75) is 6.92 Å². The summed E-state index contributed by atoms with van der Waals surface area (Å²) in [6, 6.07) is 1.83. The summed E-state index contributed by atoms with van der Waals surface area (Å²) in [5, 5.41) is 8.29. The van der Waals surface area contributed by atoms with Crippen molar-refractivity contribution >= 4 is 10.0 Å². The normalized spacial score (nSPS) is 30.0. The molecule has 0 aromatic carbocycles. The highest BCUT2D eigenvalue weighted by Crippen LogP contribution is 2.17. The molecule has 1 unspecified atom stereocenters. The molecule has 1 rings (SSSR count). The maximum Gasteiger partial charge on any atom is 0.215 e. The van der Waals surface area contributed by atoms with Crippen LogP contribution in [0.25, 0.3) is 0 Å². The third-order valence-electron chi connectivity index (χ3n) is 1.65. The predicted molar refractivity (Wildman–Crippen MR) is 40.1 cm³/mol. The highest BCUT2D eigenvalue weighted by atomic mass is 32.2. The van der Waals surface area contributed by atoms with Gasteiger partial charge in [0, 0.05) is 6.54 Å². The molecule has 0 aromatic rings. The molecule has 0 spiro atoms. The summed E-state index contributed by atoms with van der Waals surface area (Å²) in [5.41, 5.74) is 0. The van der Waals surface area contributed by atoms with Gasteiger partial charge in [0.1, 0.15) is 6.54 Å². The van der Waals surface area contributed by atoms with Crippen LogP contribution in [-0.2, 0) is 10.0 Å². The second-order valence-corrected chi connectivity index (χ2v) is 4.85. The molecule has 0 bridgehead atoms. The summed E-state index contributed by atoms with van der Waals surface area (Å²) in [4.78, 5) is 0. The van der Waals surface area contributed by atoms with E-state index in [9.17, 15) is 8.42 Å². The minimum Gasteiger partial charge on any atom is -0.212 e. The molecule has 4 nitrogen and oxygen atoms in total. The van der Waals surface area contributed by atoms with Crippen molar-refractivity contribution in [3.63, 3.8) is 0 Å². The van der Waals surface area contributed by atoms with Crippen molar-refractivity contribution in [1.29, 1.82) is 5.26 Å². The molecular formula is C6H10N2O2S. The van der Waals surface area contributed by atoms with E-state index >= 15 is 0 Å². The second kappa shape index (κ2) is 2.80. The first-order valence-electron chi connectivity index (χ1n) is 3.41. The fourth-order valence-corrected chi connectivity index (χ4v) is 2.99. The first kappa shape index (κ1) is 8.50. The molecule has 1 fully saturated rings. The van der Waals surface area contributed by atoms with Crippen molar-refractivity contribution in [1.82, 2.24) is 4.31 Å². The topological polar surface area (TPSA) is 61.2 Å². The molecule has 62 valence electrons. The van der Waals surface area contributed by atoms with Gasteiger partial charge in [0.15, 0.2) is 0 Å². The highest BCUT2D eigenvalue weighted by molar-refractivity contribution is 7.89. The Hall–Kier alpha value is -0.600. The second-order valence-electron chi connectivity index (χ2n) is 2.83. The maximum absolute atomic E-state index is 11.1. The lowest BCUT2D eigenvalue weighted by atomic mass is 10.2. The van der Waals surface area contributed by atoms with Crippen LogP contribution in [0.3, 0.4) is 0 Å². The van der Waals surface area contributed by atoms with Crippen molar-refractivity contribution in [3.8, 4) is 6.07 Å². The minimum absolute atomic E-state index is 0.00727. The van der Waals surface area contributed by atoms with Crippen LogP contribution >= 0.6 is 0 Å². The van der Waals surface area contributed by atoms with Gasteiger partial charge >= 0.3 is 0 Å². The number of rotatable bonds is 1. The molecule has 1 saturated heterocycles. The van der Waals surface area contributed by atoms with Gasteiger partial charge in [0.05, 0.1) is 11.8 Å². The summed E-state index contributed by atoms with van der Waals surface area (Å²) in [7, 11) is -3.09. The summed E-state index contributed by atoms with van der Waals surface area (Å²) >= 11 is 0. The molecule has 1 aliphatic rings. The highest BCUT2D eigenvalue weighted by Gasteiger charge is 2.32. The zero-order chi connectivity index (χ0) is 8.48. The van der Waals surface area contributed by atoms with Crippen molar-refractivity contribution < 1.29 is 8.42 Å². The molecular weight excluding hydrogens is 164 g/mol. The minimum atomic E-state index is -3.09. The van der Waals surface area contributed by atoms with Gasteiger partial charge in [-0.05, 0) is 5.92 Å². The van der Waals surface area contributed by atoms with Gasteiger partial charge < -0.3 is 0 Å². The molecule has 11 heavy (non-hydrogen) atoms. The van der Waals surface area contributed by atoms with E-state index in [4.69, 9.17) is 5.26 Å². The summed E-state index contributed by atoms with van der Waals surface area (Å²) in [5.74, 6) is 0.350. The Morgan fingerprint density at radius 3 is 2.73 bits per heavy atom. The van der Waals surface area contributed by atoms with E-state index < -0.39 is 10.0 Å². The molecule has 0 aliphatic carbocycles. The standard InChI is InChI=1S/C6H10N2O2S/c1-6-4-8(3-2-7)11(9,10)5-6/h6H,3-5H2,1H3. The fraction of sp³-hybridized carbons (Fsp3) is 0.833. The van der Waals surface area contributed by atoms with E-state index in [0.717, 1.165) is 0 Å². The van der Waals surface area contributed by atoms with Crippen LogP contribution in [0.15, 0.2) is 0 Å². The fourth-order valence-electron chi connectivity index (χ4n) is 1.22. The average Bonchev–Trinajstić information content (AvgIpc) is 2.07. The number of sulfonamides is 1. The van der Waals surface area contributed by atoms with Crippen LogP contribution < -0.4 is 0 Å². The van der Waals surface area contributed by atoms with Gasteiger partial charge in [-0.25, -0.2) is 8.42 Å². The number of nitriles is 1.